The van der Waals surface area contributed by atoms with Gasteiger partial charge in [0.05, 0.1) is 0 Å². The number of ketones is 1. The molecular formula is C15H12F2O2. The molecule has 0 saturated heterocycles. The minimum absolute atomic E-state index is 0.190. The van der Waals surface area contributed by atoms with Gasteiger partial charge in [0.25, 0.3) is 0 Å². The average molecular weight is 262 g/mol. The Morgan fingerprint density at radius 3 is 1.84 bits per heavy atom. The van der Waals surface area contributed by atoms with Crippen LogP contribution in [0.5, 0.6) is 0 Å². The van der Waals surface area contributed by atoms with E-state index in [0.717, 1.165) is 12.1 Å². The minimum Gasteiger partial charge on any atom is -0.377 e. The highest BCUT2D eigenvalue weighted by atomic mass is 19.1. The lowest BCUT2D eigenvalue weighted by Crippen LogP contribution is -2.32. The van der Waals surface area contributed by atoms with E-state index in [2.05, 4.69) is 0 Å². The third-order valence-corrected chi connectivity index (χ3v) is 2.95. The molecule has 0 fully saturated rings. The number of halogens is 2. The van der Waals surface area contributed by atoms with Gasteiger partial charge in [0.2, 0.25) is 0 Å². The van der Waals surface area contributed by atoms with Gasteiger partial charge in [-0.3, -0.25) is 4.79 Å². The third kappa shape index (κ3) is 2.69. The number of rotatable bonds is 3. The molecule has 19 heavy (non-hydrogen) atoms. The highest BCUT2D eigenvalue weighted by Crippen LogP contribution is 2.25. The number of hydrogen-bond donors (Lipinski definition) is 1. The van der Waals surface area contributed by atoms with Crippen molar-refractivity contribution >= 4 is 5.78 Å². The summed E-state index contributed by atoms with van der Waals surface area (Å²) in [6, 6.07) is 9.92. The van der Waals surface area contributed by atoms with Gasteiger partial charge < -0.3 is 5.11 Å². The predicted octanol–water partition coefficient (Wildman–Crippen LogP) is 3.06. The molecule has 2 aromatic carbocycles. The minimum atomic E-state index is -1.79. The first-order valence-corrected chi connectivity index (χ1v) is 5.70. The second-order valence-electron chi connectivity index (χ2n) is 4.42. The summed E-state index contributed by atoms with van der Waals surface area (Å²) in [6.07, 6.45) is 0. The molecule has 4 heteroatoms. The van der Waals surface area contributed by atoms with Crippen LogP contribution in [0.3, 0.4) is 0 Å². The summed E-state index contributed by atoms with van der Waals surface area (Å²) < 4.78 is 25.6. The fraction of sp³-hybridized carbons (Fsp3) is 0.133. The number of hydrogen-bond acceptors (Lipinski definition) is 2. The van der Waals surface area contributed by atoms with Gasteiger partial charge in [0, 0.05) is 5.56 Å². The summed E-state index contributed by atoms with van der Waals surface area (Å²) in [6.45, 7) is 1.33. The van der Waals surface area contributed by atoms with E-state index in [0.29, 0.717) is 0 Å². The lowest BCUT2D eigenvalue weighted by atomic mass is 9.88. The highest BCUT2D eigenvalue weighted by molar-refractivity contribution is 6.02. The fourth-order valence-electron chi connectivity index (χ4n) is 1.79. The topological polar surface area (TPSA) is 37.3 Å². The van der Waals surface area contributed by atoms with Crippen molar-refractivity contribution in [3.8, 4) is 0 Å². The van der Waals surface area contributed by atoms with Crippen LogP contribution in [0, 0.1) is 11.6 Å². The van der Waals surface area contributed by atoms with Crippen LogP contribution in [-0.2, 0) is 5.60 Å². The first-order chi connectivity index (χ1) is 8.91. The first-order valence-electron chi connectivity index (χ1n) is 5.70. The summed E-state index contributed by atoms with van der Waals surface area (Å²) in [4.78, 5) is 12.2. The fourth-order valence-corrected chi connectivity index (χ4v) is 1.79. The molecule has 0 aromatic heterocycles. The highest BCUT2D eigenvalue weighted by Gasteiger charge is 2.33. The van der Waals surface area contributed by atoms with Crippen molar-refractivity contribution in [1.82, 2.24) is 0 Å². The normalized spacial score (nSPS) is 13.9. The zero-order valence-electron chi connectivity index (χ0n) is 10.2. The number of Topliss-reactive ketones (excluding diaryl/α,β-unsaturated/α-hetero) is 1. The van der Waals surface area contributed by atoms with Gasteiger partial charge in [0.15, 0.2) is 5.78 Å². The SMILES string of the molecule is CC(O)(C(=O)c1ccc(F)cc1)c1ccc(F)cc1. The molecule has 0 amide bonds. The zero-order valence-corrected chi connectivity index (χ0v) is 10.2. The standard InChI is InChI=1S/C15H12F2O2/c1-15(19,11-4-8-13(17)9-5-11)14(18)10-2-6-12(16)7-3-10/h2-9,19H,1H3. The maximum atomic E-state index is 12.8. The van der Waals surface area contributed by atoms with Gasteiger partial charge in [-0.25, -0.2) is 8.78 Å². The van der Waals surface area contributed by atoms with Crippen LogP contribution in [0.2, 0.25) is 0 Å². The summed E-state index contributed by atoms with van der Waals surface area (Å²) in [5.41, 5.74) is -1.31. The van der Waals surface area contributed by atoms with Gasteiger partial charge in [-0.15, -0.1) is 0 Å². The van der Waals surface area contributed by atoms with E-state index in [9.17, 15) is 18.7 Å². The molecule has 0 bridgehead atoms. The second kappa shape index (κ2) is 4.90. The Hall–Kier alpha value is -2.07. The lowest BCUT2D eigenvalue weighted by molar-refractivity contribution is 0.0392. The van der Waals surface area contributed by atoms with Gasteiger partial charge in [0.1, 0.15) is 17.2 Å². The molecule has 0 aliphatic carbocycles. The van der Waals surface area contributed by atoms with Crippen molar-refractivity contribution in [1.29, 1.82) is 0 Å². The molecule has 0 saturated carbocycles. The molecule has 2 rings (SSSR count). The van der Waals surface area contributed by atoms with Crippen LogP contribution in [0.15, 0.2) is 48.5 Å². The van der Waals surface area contributed by atoms with Crippen LogP contribution >= 0.6 is 0 Å². The van der Waals surface area contributed by atoms with Crippen molar-refractivity contribution in [2.45, 2.75) is 12.5 Å². The number of carbonyl (C=O) groups is 1. The molecule has 0 aliphatic rings. The van der Waals surface area contributed by atoms with Crippen molar-refractivity contribution in [3.63, 3.8) is 0 Å². The molecule has 0 radical (unpaired) electrons. The lowest BCUT2D eigenvalue weighted by Gasteiger charge is -2.22. The van der Waals surface area contributed by atoms with Crippen molar-refractivity contribution in [2.75, 3.05) is 0 Å². The van der Waals surface area contributed by atoms with E-state index < -0.39 is 23.0 Å². The summed E-state index contributed by atoms with van der Waals surface area (Å²) >= 11 is 0. The Labute approximate surface area is 109 Å². The quantitative estimate of drug-likeness (QED) is 0.863. The average Bonchev–Trinajstić information content (AvgIpc) is 2.39. The van der Waals surface area contributed by atoms with E-state index >= 15 is 0 Å². The Bertz CT molecular complexity index is 587. The van der Waals surface area contributed by atoms with E-state index in [1.54, 1.807) is 0 Å². The van der Waals surface area contributed by atoms with Crippen LogP contribution in [0.1, 0.15) is 22.8 Å². The van der Waals surface area contributed by atoms with Gasteiger partial charge in [-0.05, 0) is 48.9 Å². The largest absolute Gasteiger partial charge is 0.377 e. The van der Waals surface area contributed by atoms with Crippen LogP contribution in [0.25, 0.3) is 0 Å². The Morgan fingerprint density at radius 1 is 0.947 bits per heavy atom. The number of aliphatic hydroxyl groups is 1. The van der Waals surface area contributed by atoms with E-state index in [1.807, 2.05) is 0 Å². The second-order valence-corrected chi connectivity index (χ2v) is 4.42. The van der Waals surface area contributed by atoms with Crippen molar-refractivity contribution in [3.05, 3.63) is 71.3 Å². The molecular weight excluding hydrogens is 250 g/mol. The number of benzene rings is 2. The molecule has 0 heterocycles. The maximum Gasteiger partial charge on any atom is 0.198 e. The molecule has 1 atom stereocenters. The van der Waals surface area contributed by atoms with Crippen LogP contribution in [0.4, 0.5) is 8.78 Å². The zero-order chi connectivity index (χ0) is 14.0. The van der Waals surface area contributed by atoms with E-state index in [4.69, 9.17) is 0 Å². The monoisotopic (exact) mass is 262 g/mol. The Balaban J connectivity index is 2.35. The molecule has 2 aromatic rings. The predicted molar refractivity (Wildman–Crippen MR) is 66.7 cm³/mol. The molecule has 0 aliphatic heterocycles. The Morgan fingerprint density at radius 2 is 1.37 bits per heavy atom. The summed E-state index contributed by atoms with van der Waals surface area (Å²) in [5.74, 6) is -1.48. The van der Waals surface area contributed by atoms with E-state index in [-0.39, 0.29) is 11.1 Å². The van der Waals surface area contributed by atoms with Crippen molar-refractivity contribution in [2.24, 2.45) is 0 Å². The first kappa shape index (κ1) is 13.4. The van der Waals surface area contributed by atoms with Gasteiger partial charge in [-0.1, -0.05) is 12.1 Å². The molecule has 98 valence electrons. The van der Waals surface area contributed by atoms with Gasteiger partial charge in [-0.2, -0.15) is 0 Å². The smallest absolute Gasteiger partial charge is 0.198 e. The van der Waals surface area contributed by atoms with Crippen LogP contribution in [-0.4, -0.2) is 10.9 Å². The third-order valence-electron chi connectivity index (χ3n) is 2.95. The van der Waals surface area contributed by atoms with Crippen molar-refractivity contribution < 1.29 is 18.7 Å². The number of carbonyl (C=O) groups excluding carboxylic acids is 1. The molecule has 0 spiro atoms. The van der Waals surface area contributed by atoms with Crippen LogP contribution < -0.4 is 0 Å². The summed E-state index contributed by atoms with van der Waals surface area (Å²) in [7, 11) is 0. The maximum absolute atomic E-state index is 12.8. The van der Waals surface area contributed by atoms with E-state index in [1.165, 1.54) is 43.3 Å². The summed E-state index contributed by atoms with van der Waals surface area (Å²) in [5, 5.41) is 10.3. The molecule has 2 nitrogen and oxygen atoms in total. The molecule has 1 unspecified atom stereocenters. The van der Waals surface area contributed by atoms with Gasteiger partial charge >= 0.3 is 0 Å². The molecule has 1 N–H and O–H groups in total. The Kier molecular flexibility index (Phi) is 3.44.